The van der Waals surface area contributed by atoms with Crippen LogP contribution in [0.1, 0.15) is 37.4 Å². The number of thiol groups is 1. The van der Waals surface area contributed by atoms with Crippen LogP contribution in [0.25, 0.3) is 0 Å². The number of rotatable bonds is 4. The molecule has 0 spiro atoms. The third kappa shape index (κ3) is 3.76. The van der Waals surface area contributed by atoms with Crippen molar-refractivity contribution in [3.63, 3.8) is 0 Å². The number of hydrogen-bond acceptors (Lipinski definition) is 2. The van der Waals surface area contributed by atoms with E-state index in [0.717, 1.165) is 12.1 Å². The first-order valence-corrected chi connectivity index (χ1v) is 7.23. The van der Waals surface area contributed by atoms with E-state index in [1.54, 1.807) is 18.2 Å². The van der Waals surface area contributed by atoms with E-state index in [2.05, 4.69) is 12.6 Å². The van der Waals surface area contributed by atoms with Gasteiger partial charge in [-0.05, 0) is 23.3 Å². The maximum Gasteiger partial charge on any atom is 0.417 e. The smallest absolute Gasteiger partial charge is 0.298 e. The van der Waals surface area contributed by atoms with Crippen LogP contribution in [0.3, 0.4) is 0 Å². The molecule has 0 aliphatic rings. The molecule has 0 amide bonds. The highest BCUT2D eigenvalue weighted by molar-refractivity contribution is 7.97. The van der Waals surface area contributed by atoms with Gasteiger partial charge in [0.2, 0.25) is 5.12 Å². The van der Waals surface area contributed by atoms with Gasteiger partial charge in [-0.2, -0.15) is 13.2 Å². The van der Waals surface area contributed by atoms with Crippen molar-refractivity contribution in [2.45, 2.75) is 12.6 Å². The number of aldehydes is 1. The second-order valence-corrected chi connectivity index (χ2v) is 5.56. The predicted octanol–water partition coefficient (Wildman–Crippen LogP) is 4.83. The fraction of sp³-hybridized carbons (Fsp3) is 0.125. The molecule has 23 heavy (non-hydrogen) atoms. The van der Waals surface area contributed by atoms with Gasteiger partial charge in [-0.1, -0.05) is 35.9 Å². The second-order valence-electron chi connectivity index (χ2n) is 4.74. The summed E-state index contributed by atoms with van der Waals surface area (Å²) in [6, 6.07) is 8.20. The van der Waals surface area contributed by atoms with Gasteiger partial charge < -0.3 is 0 Å². The second kappa shape index (κ2) is 6.76. The molecule has 0 N–H and O–H groups in total. The molecule has 2 nitrogen and oxygen atoms in total. The monoisotopic (exact) mass is 358 g/mol. The molecule has 0 fully saturated rings. The molecule has 2 aromatic carbocycles. The fourth-order valence-corrected chi connectivity index (χ4v) is 2.72. The zero-order valence-electron chi connectivity index (χ0n) is 11.5. The number of benzene rings is 2. The lowest BCUT2D eigenvalue weighted by molar-refractivity contribution is -0.137. The Morgan fingerprint density at radius 2 is 1.83 bits per heavy atom. The van der Waals surface area contributed by atoms with Crippen LogP contribution in [0.2, 0.25) is 5.02 Å². The van der Waals surface area contributed by atoms with E-state index in [0.29, 0.717) is 5.56 Å². The Bertz CT molecular complexity index is 772. The largest absolute Gasteiger partial charge is 0.417 e. The van der Waals surface area contributed by atoms with Crippen LogP contribution in [-0.4, -0.2) is 11.4 Å². The molecule has 0 saturated heterocycles. The van der Waals surface area contributed by atoms with E-state index in [4.69, 9.17) is 11.6 Å². The highest BCUT2D eigenvalue weighted by Crippen LogP contribution is 2.36. The minimum absolute atomic E-state index is 0.0264. The Labute approximate surface area is 140 Å². The van der Waals surface area contributed by atoms with Crippen molar-refractivity contribution >= 4 is 35.6 Å². The van der Waals surface area contributed by atoms with E-state index >= 15 is 0 Å². The zero-order valence-corrected chi connectivity index (χ0v) is 13.2. The molecule has 0 heterocycles. The first-order valence-electron chi connectivity index (χ1n) is 6.40. The summed E-state index contributed by atoms with van der Waals surface area (Å²) in [4.78, 5) is 22.7. The Balaban J connectivity index is 2.61. The maximum atomic E-state index is 13.0. The average molecular weight is 359 g/mol. The van der Waals surface area contributed by atoms with E-state index in [-0.39, 0.29) is 28.9 Å². The molecule has 2 rings (SSSR count). The molecule has 0 unspecified atom stereocenters. The standard InChI is InChI=1S/C16H10ClF3O2S/c17-14-6-5-13(16(18,19)20)12(8-21)11(14)7-9-3-1-2-4-10(9)15(22)23/h1-6,8H,7H2,(H,22,23). The molecular formula is C16H10ClF3O2S. The quantitative estimate of drug-likeness (QED) is 0.627. The molecule has 0 atom stereocenters. The lowest BCUT2D eigenvalue weighted by Gasteiger charge is -2.15. The van der Waals surface area contributed by atoms with Gasteiger partial charge in [0, 0.05) is 22.6 Å². The SMILES string of the molecule is O=Cc1c(C(F)(F)F)ccc(Cl)c1Cc1ccccc1C(=O)S. The molecule has 7 heteroatoms. The molecule has 0 aliphatic carbocycles. The van der Waals surface area contributed by atoms with Crippen LogP contribution in [-0.2, 0) is 12.6 Å². The van der Waals surface area contributed by atoms with Crippen LogP contribution in [0.5, 0.6) is 0 Å². The van der Waals surface area contributed by atoms with Crippen molar-refractivity contribution < 1.29 is 22.8 Å². The van der Waals surface area contributed by atoms with Gasteiger partial charge in [0.15, 0.2) is 6.29 Å². The average Bonchev–Trinajstić information content (AvgIpc) is 2.48. The molecule has 0 saturated carbocycles. The summed E-state index contributed by atoms with van der Waals surface area (Å²) >= 11 is 9.72. The van der Waals surface area contributed by atoms with Crippen LogP contribution in [0.4, 0.5) is 13.2 Å². The summed E-state index contributed by atoms with van der Waals surface area (Å²) in [6.45, 7) is 0. The Hall–Kier alpha value is -1.79. The molecule has 0 aliphatic heterocycles. The zero-order chi connectivity index (χ0) is 17.2. The van der Waals surface area contributed by atoms with Crippen LogP contribution in [0.15, 0.2) is 36.4 Å². The number of halogens is 4. The van der Waals surface area contributed by atoms with Crippen LogP contribution in [0, 0.1) is 0 Å². The third-order valence-corrected chi connectivity index (χ3v) is 3.93. The Morgan fingerprint density at radius 1 is 1.17 bits per heavy atom. The number of alkyl halides is 3. The summed E-state index contributed by atoms with van der Waals surface area (Å²) < 4.78 is 39.1. The summed E-state index contributed by atoms with van der Waals surface area (Å²) in [7, 11) is 0. The molecule has 0 aromatic heterocycles. The summed E-state index contributed by atoms with van der Waals surface area (Å²) in [6.07, 6.45) is -4.62. The van der Waals surface area contributed by atoms with Gasteiger partial charge in [-0.3, -0.25) is 9.59 Å². The minimum atomic E-state index is -4.67. The third-order valence-electron chi connectivity index (χ3n) is 3.34. The Morgan fingerprint density at radius 3 is 2.39 bits per heavy atom. The van der Waals surface area contributed by atoms with E-state index < -0.39 is 22.4 Å². The Kier molecular flexibility index (Phi) is 5.16. The van der Waals surface area contributed by atoms with E-state index in [1.165, 1.54) is 6.07 Å². The predicted molar refractivity (Wildman–Crippen MR) is 84.4 cm³/mol. The van der Waals surface area contributed by atoms with Crippen molar-refractivity contribution in [1.82, 2.24) is 0 Å². The molecule has 120 valence electrons. The van der Waals surface area contributed by atoms with Gasteiger partial charge >= 0.3 is 6.18 Å². The lowest BCUT2D eigenvalue weighted by atomic mass is 9.94. The highest BCUT2D eigenvalue weighted by atomic mass is 35.5. The highest BCUT2D eigenvalue weighted by Gasteiger charge is 2.34. The molecule has 2 aromatic rings. The summed E-state index contributed by atoms with van der Waals surface area (Å²) in [5.41, 5.74) is -0.857. The van der Waals surface area contributed by atoms with Crippen molar-refractivity contribution in [2.75, 3.05) is 0 Å². The molecular weight excluding hydrogens is 349 g/mol. The van der Waals surface area contributed by atoms with Crippen molar-refractivity contribution in [1.29, 1.82) is 0 Å². The molecule has 0 bridgehead atoms. The topological polar surface area (TPSA) is 34.1 Å². The first kappa shape index (κ1) is 17.6. The summed E-state index contributed by atoms with van der Waals surface area (Å²) in [5.74, 6) is 0. The van der Waals surface area contributed by atoms with E-state index in [1.807, 2.05) is 0 Å². The number of carbonyl (C=O) groups is 2. The molecule has 0 radical (unpaired) electrons. The lowest BCUT2D eigenvalue weighted by Crippen LogP contribution is -2.12. The van der Waals surface area contributed by atoms with Crippen molar-refractivity contribution in [2.24, 2.45) is 0 Å². The van der Waals surface area contributed by atoms with Crippen molar-refractivity contribution in [3.8, 4) is 0 Å². The van der Waals surface area contributed by atoms with Crippen LogP contribution >= 0.6 is 24.2 Å². The maximum absolute atomic E-state index is 13.0. The fourth-order valence-electron chi connectivity index (χ4n) is 2.27. The normalized spacial score (nSPS) is 11.3. The van der Waals surface area contributed by atoms with Gasteiger partial charge in [-0.15, -0.1) is 12.6 Å². The number of carbonyl (C=O) groups excluding carboxylic acids is 2. The van der Waals surface area contributed by atoms with E-state index in [9.17, 15) is 22.8 Å². The van der Waals surface area contributed by atoms with Gasteiger partial charge in [0.1, 0.15) is 0 Å². The van der Waals surface area contributed by atoms with Crippen molar-refractivity contribution in [3.05, 3.63) is 69.2 Å². The van der Waals surface area contributed by atoms with Crippen LogP contribution < -0.4 is 0 Å². The van der Waals surface area contributed by atoms with Gasteiger partial charge in [0.25, 0.3) is 0 Å². The number of hydrogen-bond donors (Lipinski definition) is 1. The van der Waals surface area contributed by atoms with Gasteiger partial charge in [-0.25, -0.2) is 0 Å². The first-order chi connectivity index (χ1) is 10.8. The van der Waals surface area contributed by atoms with Gasteiger partial charge in [0.05, 0.1) is 5.56 Å². The minimum Gasteiger partial charge on any atom is -0.298 e. The summed E-state index contributed by atoms with van der Waals surface area (Å²) in [5, 5.41) is -0.488.